The van der Waals surface area contributed by atoms with E-state index in [4.69, 9.17) is 8.83 Å². The summed E-state index contributed by atoms with van der Waals surface area (Å²) in [5.41, 5.74) is 11.3. The number of hydrogen-bond donors (Lipinski definition) is 0. The lowest BCUT2D eigenvalue weighted by Gasteiger charge is -2.26. The lowest BCUT2D eigenvalue weighted by molar-refractivity contribution is 0.627. The summed E-state index contributed by atoms with van der Waals surface area (Å²) in [6, 6.07) is 55.9. The lowest BCUT2D eigenvalue weighted by Crippen LogP contribution is -2.10. The van der Waals surface area contributed by atoms with E-state index in [0.29, 0.717) is 11.8 Å². The van der Waals surface area contributed by atoms with Crippen LogP contribution in [0.25, 0.3) is 65.4 Å². The van der Waals surface area contributed by atoms with Crippen LogP contribution in [0.15, 0.2) is 179 Å². The topological polar surface area (TPSA) is 32.8 Å². The summed E-state index contributed by atoms with van der Waals surface area (Å²) < 4.78 is 41.8. The van der Waals surface area contributed by atoms with Gasteiger partial charge in [-0.25, -0.2) is 8.78 Å². The zero-order valence-electron chi connectivity index (χ0n) is 34.8. The molecule has 0 amide bonds. The minimum absolute atomic E-state index is 0.273. The fourth-order valence-electron chi connectivity index (χ4n) is 9.01. The number of furan rings is 2. The van der Waals surface area contributed by atoms with E-state index in [1.165, 1.54) is 35.4 Å². The van der Waals surface area contributed by atoms with Crippen LogP contribution in [0.4, 0.5) is 42.9 Å². The van der Waals surface area contributed by atoms with E-state index in [-0.39, 0.29) is 11.6 Å². The summed E-state index contributed by atoms with van der Waals surface area (Å²) in [5, 5.41) is 8.01. The van der Waals surface area contributed by atoms with Crippen molar-refractivity contribution in [1.82, 2.24) is 0 Å². The third kappa shape index (κ3) is 6.25. The maximum Gasteiger partial charge on any atom is 0.147 e. The highest BCUT2D eigenvalue weighted by Crippen LogP contribution is 2.45. The van der Waals surface area contributed by atoms with Gasteiger partial charge < -0.3 is 18.6 Å². The predicted molar refractivity (Wildman–Crippen MR) is 253 cm³/mol. The van der Waals surface area contributed by atoms with Crippen molar-refractivity contribution >= 4 is 99.5 Å². The molecule has 2 heterocycles. The van der Waals surface area contributed by atoms with Crippen molar-refractivity contribution in [3.63, 3.8) is 0 Å². The Morgan fingerprint density at radius 1 is 0.355 bits per heavy atom. The first-order valence-electron chi connectivity index (χ1n) is 21.2. The molecule has 9 aromatic carbocycles. The minimum Gasteiger partial charge on any atom is -0.455 e. The van der Waals surface area contributed by atoms with Crippen molar-refractivity contribution in [1.29, 1.82) is 0 Å². The quantitative estimate of drug-likeness (QED) is 0.153. The Morgan fingerprint density at radius 2 is 0.726 bits per heavy atom. The third-order valence-corrected chi connectivity index (χ3v) is 12.3. The molecule has 0 aliphatic rings. The molecule has 0 saturated carbocycles. The summed E-state index contributed by atoms with van der Waals surface area (Å²) in [5.74, 6) is 0.276. The van der Waals surface area contributed by atoms with Crippen LogP contribution in [0.1, 0.15) is 50.7 Å². The van der Waals surface area contributed by atoms with Gasteiger partial charge in [0.05, 0.1) is 5.39 Å². The predicted octanol–water partition coefficient (Wildman–Crippen LogP) is 17.3. The maximum absolute atomic E-state index is 14.1. The van der Waals surface area contributed by atoms with E-state index in [0.717, 1.165) is 99.5 Å². The summed E-state index contributed by atoms with van der Waals surface area (Å²) in [7, 11) is 0. The Bertz CT molecular complexity index is 3480. The van der Waals surface area contributed by atoms with Gasteiger partial charge in [0.25, 0.3) is 0 Å². The smallest absolute Gasteiger partial charge is 0.147 e. The Kier molecular flexibility index (Phi) is 8.86. The Hall–Kier alpha value is -7.44. The molecule has 0 spiro atoms. The number of nitrogens with zero attached hydrogens (tertiary/aromatic N) is 2. The van der Waals surface area contributed by atoms with Gasteiger partial charge in [0.1, 0.15) is 34.0 Å². The van der Waals surface area contributed by atoms with Crippen LogP contribution in [-0.2, 0) is 0 Å². The number of hydrogen-bond acceptors (Lipinski definition) is 4. The van der Waals surface area contributed by atoms with Gasteiger partial charge in [-0.15, -0.1) is 0 Å². The average molecular weight is 813 g/mol. The molecule has 0 aliphatic heterocycles. The Labute approximate surface area is 357 Å². The van der Waals surface area contributed by atoms with Crippen LogP contribution in [0.5, 0.6) is 0 Å². The minimum atomic E-state index is -0.274. The summed E-state index contributed by atoms with van der Waals surface area (Å²) in [6.07, 6.45) is 0. The average Bonchev–Trinajstić information content (AvgIpc) is 3.87. The number of rotatable bonds is 8. The normalized spacial score (nSPS) is 12.0. The van der Waals surface area contributed by atoms with E-state index >= 15 is 0 Å². The van der Waals surface area contributed by atoms with E-state index < -0.39 is 0 Å². The molecular weight excluding hydrogens is 771 g/mol. The van der Waals surface area contributed by atoms with Crippen molar-refractivity contribution in [2.45, 2.75) is 39.5 Å². The van der Waals surface area contributed by atoms with Crippen molar-refractivity contribution in [3.8, 4) is 0 Å². The fraction of sp³-hybridized carbons (Fsp3) is 0.107. The largest absolute Gasteiger partial charge is 0.455 e. The number of anilines is 6. The van der Waals surface area contributed by atoms with Gasteiger partial charge in [-0.1, -0.05) is 64.1 Å². The number of benzene rings is 9. The van der Waals surface area contributed by atoms with Gasteiger partial charge in [-0.05, 0) is 167 Å². The molecule has 6 heteroatoms. The Morgan fingerprint density at radius 3 is 1.19 bits per heavy atom. The zero-order valence-corrected chi connectivity index (χ0v) is 34.8. The van der Waals surface area contributed by atoms with E-state index in [1.54, 1.807) is 0 Å². The van der Waals surface area contributed by atoms with Gasteiger partial charge >= 0.3 is 0 Å². The molecule has 302 valence electrons. The highest BCUT2D eigenvalue weighted by molar-refractivity contribution is 6.27. The number of halogens is 2. The van der Waals surface area contributed by atoms with E-state index in [9.17, 15) is 8.78 Å². The van der Waals surface area contributed by atoms with Gasteiger partial charge in [0, 0.05) is 61.1 Å². The van der Waals surface area contributed by atoms with Crippen LogP contribution in [0, 0.1) is 11.6 Å². The first-order valence-corrected chi connectivity index (χ1v) is 21.2. The molecule has 11 aromatic rings. The first kappa shape index (κ1) is 37.6. The molecule has 4 nitrogen and oxygen atoms in total. The molecule has 11 rings (SSSR count). The third-order valence-electron chi connectivity index (χ3n) is 12.3. The monoisotopic (exact) mass is 812 g/mol. The molecule has 0 fully saturated rings. The van der Waals surface area contributed by atoms with Crippen LogP contribution < -0.4 is 9.80 Å². The van der Waals surface area contributed by atoms with E-state index in [1.807, 2.05) is 30.3 Å². The summed E-state index contributed by atoms with van der Waals surface area (Å²) in [6.45, 7) is 8.75. The van der Waals surface area contributed by atoms with Crippen molar-refractivity contribution < 1.29 is 17.6 Å². The van der Waals surface area contributed by atoms with Crippen LogP contribution in [0.2, 0.25) is 0 Å². The van der Waals surface area contributed by atoms with Crippen LogP contribution >= 0.6 is 0 Å². The molecule has 0 bridgehead atoms. The fourth-order valence-corrected chi connectivity index (χ4v) is 9.01. The summed E-state index contributed by atoms with van der Waals surface area (Å²) in [4.78, 5) is 4.31. The molecule has 0 radical (unpaired) electrons. The van der Waals surface area contributed by atoms with Crippen LogP contribution in [-0.4, -0.2) is 0 Å². The SMILES string of the molecule is CC(C)c1ccc(N(c2ccc(F)cc2)c2ccc3c(ccc4c5ccc6oc7c8ccc(N(c9ccc(F)cc9)c9ccc(C(C)C)cc9)cc8ccc7c6c5oc34)c2)cc1. The molecule has 62 heavy (non-hydrogen) atoms. The molecule has 0 N–H and O–H groups in total. The lowest BCUT2D eigenvalue weighted by atomic mass is 10.0. The maximum atomic E-state index is 14.1. The van der Waals surface area contributed by atoms with Crippen molar-refractivity contribution in [2.24, 2.45) is 0 Å². The summed E-state index contributed by atoms with van der Waals surface area (Å²) >= 11 is 0. The molecule has 0 saturated heterocycles. The number of fused-ring (bicyclic) bond motifs is 11. The van der Waals surface area contributed by atoms with Crippen LogP contribution in [0.3, 0.4) is 0 Å². The van der Waals surface area contributed by atoms with Crippen molar-refractivity contribution in [2.75, 3.05) is 9.80 Å². The molecule has 0 unspecified atom stereocenters. The van der Waals surface area contributed by atoms with Gasteiger partial charge in [0.15, 0.2) is 0 Å². The van der Waals surface area contributed by atoms with Gasteiger partial charge in [-0.3, -0.25) is 0 Å². The van der Waals surface area contributed by atoms with Crippen molar-refractivity contribution in [3.05, 3.63) is 193 Å². The molecule has 2 aromatic heterocycles. The second-order valence-corrected chi connectivity index (χ2v) is 16.8. The van der Waals surface area contributed by atoms with Gasteiger partial charge in [-0.2, -0.15) is 0 Å². The molecule has 0 aliphatic carbocycles. The van der Waals surface area contributed by atoms with Gasteiger partial charge in [0.2, 0.25) is 0 Å². The second kappa shape index (κ2) is 14.6. The first-order chi connectivity index (χ1) is 30.2. The molecular formula is C56H42F2N2O2. The van der Waals surface area contributed by atoms with E-state index in [2.05, 4.69) is 153 Å². The highest BCUT2D eigenvalue weighted by Gasteiger charge is 2.21. The second-order valence-electron chi connectivity index (χ2n) is 16.8. The zero-order chi connectivity index (χ0) is 42.2. The molecule has 0 atom stereocenters. The Balaban J connectivity index is 1.02. The standard InChI is InChI=1S/C56H42F2N2O2/c1-33(2)35-5-15-41(16-6-35)59(43-19-11-39(57)12-20-43)45-23-27-47-37(31-45)9-25-49-50-29-30-52-53(56(50)62-54(47)49)51-26-10-38-32-46(24-28-48(38)55(51)61-52)60(44-21-13-40(58)14-22-44)42-17-7-36(8-18-42)34(3)4/h5-34H,1-4H3. The highest BCUT2D eigenvalue weighted by atomic mass is 19.1.